The number of rotatable bonds is 4. The fourth-order valence-electron chi connectivity index (χ4n) is 2.16. The third-order valence-electron chi connectivity index (χ3n) is 3.41. The van der Waals surface area contributed by atoms with Crippen LogP contribution in [0.1, 0.15) is 12.5 Å². The molecule has 23 heavy (non-hydrogen) atoms. The lowest BCUT2D eigenvalue weighted by molar-refractivity contribution is -0.115. The Hall–Kier alpha value is -1.98. The lowest BCUT2D eigenvalue weighted by Crippen LogP contribution is -2.22. The van der Waals surface area contributed by atoms with Crippen molar-refractivity contribution in [2.75, 3.05) is 5.32 Å². The van der Waals surface area contributed by atoms with Crippen molar-refractivity contribution in [3.05, 3.63) is 53.1 Å². The number of nitrogens with zero attached hydrogens (tertiary/aromatic N) is 1. The maximum atomic E-state index is 12.3. The number of halogens is 1. The number of aryl methyl sites for hydroxylation is 1. The molecule has 0 fully saturated rings. The first kappa shape index (κ1) is 15.9. The number of aromatic nitrogens is 2. The third kappa shape index (κ3) is 3.68. The highest BCUT2D eigenvalue weighted by atomic mass is 35.5. The number of amides is 1. The van der Waals surface area contributed by atoms with Crippen LogP contribution < -0.4 is 5.32 Å². The summed E-state index contributed by atoms with van der Waals surface area (Å²) in [6.07, 6.45) is 0. The number of thioether (sulfide) groups is 1. The molecule has 1 unspecified atom stereocenters. The summed E-state index contributed by atoms with van der Waals surface area (Å²) in [6, 6.07) is 13.3. The largest absolute Gasteiger partial charge is 0.333 e. The second-order valence-corrected chi connectivity index (χ2v) is 7.03. The summed E-state index contributed by atoms with van der Waals surface area (Å²) in [7, 11) is 0. The van der Waals surface area contributed by atoms with Crippen LogP contribution in [0, 0.1) is 6.92 Å². The van der Waals surface area contributed by atoms with Crippen molar-refractivity contribution in [1.82, 2.24) is 9.97 Å². The summed E-state index contributed by atoms with van der Waals surface area (Å²) in [5.41, 5.74) is 3.53. The zero-order valence-electron chi connectivity index (χ0n) is 12.8. The van der Waals surface area contributed by atoms with E-state index in [1.807, 2.05) is 56.3 Å². The Labute approximate surface area is 143 Å². The molecule has 118 valence electrons. The van der Waals surface area contributed by atoms with Crippen LogP contribution >= 0.6 is 23.4 Å². The van der Waals surface area contributed by atoms with Crippen LogP contribution in [0.2, 0.25) is 5.02 Å². The summed E-state index contributed by atoms with van der Waals surface area (Å²) in [4.78, 5) is 20.0. The van der Waals surface area contributed by atoms with Gasteiger partial charge in [0.15, 0.2) is 5.16 Å². The quantitative estimate of drug-likeness (QED) is 0.677. The number of hydrogen-bond acceptors (Lipinski definition) is 3. The van der Waals surface area contributed by atoms with Crippen molar-refractivity contribution < 1.29 is 4.79 Å². The van der Waals surface area contributed by atoms with E-state index >= 15 is 0 Å². The zero-order chi connectivity index (χ0) is 16.4. The van der Waals surface area contributed by atoms with Gasteiger partial charge in [0.05, 0.1) is 27.0 Å². The monoisotopic (exact) mass is 345 g/mol. The van der Waals surface area contributed by atoms with Gasteiger partial charge in [-0.25, -0.2) is 4.98 Å². The molecule has 0 spiro atoms. The fraction of sp³-hybridized carbons (Fsp3) is 0.176. The van der Waals surface area contributed by atoms with Gasteiger partial charge in [0.1, 0.15) is 0 Å². The van der Waals surface area contributed by atoms with Crippen LogP contribution in [0.15, 0.2) is 47.6 Å². The number of nitrogens with one attached hydrogen (secondary N) is 2. The number of hydrogen-bond donors (Lipinski definition) is 2. The summed E-state index contributed by atoms with van der Waals surface area (Å²) in [6.45, 7) is 3.80. The Balaban J connectivity index is 1.69. The molecule has 1 atom stereocenters. The minimum absolute atomic E-state index is 0.110. The summed E-state index contributed by atoms with van der Waals surface area (Å²) >= 11 is 7.54. The minimum atomic E-state index is -0.298. The molecule has 0 saturated heterocycles. The predicted octanol–water partition coefficient (Wildman–Crippen LogP) is 4.64. The second-order valence-electron chi connectivity index (χ2n) is 5.29. The van der Waals surface area contributed by atoms with Gasteiger partial charge < -0.3 is 10.3 Å². The minimum Gasteiger partial charge on any atom is -0.333 e. The molecule has 6 heteroatoms. The molecule has 2 aromatic carbocycles. The average molecular weight is 346 g/mol. The molecule has 0 aliphatic carbocycles. The number of H-pyrrole nitrogens is 1. The summed E-state index contributed by atoms with van der Waals surface area (Å²) in [5.74, 6) is -0.110. The van der Waals surface area contributed by atoms with Crippen molar-refractivity contribution in [3.63, 3.8) is 0 Å². The van der Waals surface area contributed by atoms with Crippen molar-refractivity contribution in [1.29, 1.82) is 0 Å². The molecule has 1 amide bonds. The Morgan fingerprint density at radius 1 is 1.30 bits per heavy atom. The first-order chi connectivity index (χ1) is 11.0. The van der Waals surface area contributed by atoms with Gasteiger partial charge in [-0.2, -0.15) is 0 Å². The summed E-state index contributed by atoms with van der Waals surface area (Å²) < 4.78 is 0. The predicted molar refractivity (Wildman–Crippen MR) is 96.2 cm³/mol. The zero-order valence-corrected chi connectivity index (χ0v) is 14.3. The smallest absolute Gasteiger partial charge is 0.237 e. The Kier molecular flexibility index (Phi) is 4.59. The van der Waals surface area contributed by atoms with E-state index in [4.69, 9.17) is 11.6 Å². The lowest BCUT2D eigenvalue weighted by Gasteiger charge is -2.12. The number of imidazole rings is 1. The lowest BCUT2D eigenvalue weighted by atomic mass is 10.2. The van der Waals surface area contributed by atoms with Crippen molar-refractivity contribution >= 4 is 46.0 Å². The normalized spacial score (nSPS) is 12.3. The average Bonchev–Trinajstić information content (AvgIpc) is 2.92. The van der Waals surface area contributed by atoms with E-state index in [1.54, 1.807) is 0 Å². The first-order valence-electron chi connectivity index (χ1n) is 7.21. The molecule has 3 rings (SSSR count). The van der Waals surface area contributed by atoms with E-state index in [0.29, 0.717) is 10.7 Å². The molecule has 3 aromatic rings. The van der Waals surface area contributed by atoms with Gasteiger partial charge in [-0.15, -0.1) is 0 Å². The molecule has 1 heterocycles. The van der Waals surface area contributed by atoms with Gasteiger partial charge in [-0.1, -0.05) is 41.6 Å². The van der Waals surface area contributed by atoms with Crippen LogP contribution in [0.25, 0.3) is 11.0 Å². The van der Waals surface area contributed by atoms with E-state index in [1.165, 1.54) is 11.8 Å². The third-order valence-corrected chi connectivity index (χ3v) is 4.70. The van der Waals surface area contributed by atoms with Gasteiger partial charge in [0.2, 0.25) is 5.91 Å². The number of carbonyl (C=O) groups excluding carboxylic acids is 1. The van der Waals surface area contributed by atoms with E-state index in [0.717, 1.165) is 21.8 Å². The van der Waals surface area contributed by atoms with E-state index in [2.05, 4.69) is 15.3 Å². The number of fused-ring (bicyclic) bond motifs is 1. The number of para-hydroxylation sites is 2. The van der Waals surface area contributed by atoms with Crippen molar-refractivity contribution in [2.45, 2.75) is 24.3 Å². The standard InChI is InChI=1S/C17H16ClN3OS/c1-10-7-8-13(12(18)9-10)19-16(22)11(2)23-17-20-14-5-3-4-6-15(14)21-17/h3-9,11H,1-2H3,(H,19,22)(H,20,21). The van der Waals surface area contributed by atoms with Crippen LogP contribution in [-0.4, -0.2) is 21.1 Å². The van der Waals surface area contributed by atoms with E-state index in [9.17, 15) is 4.79 Å². The number of benzene rings is 2. The maximum Gasteiger partial charge on any atom is 0.237 e. The molecule has 0 radical (unpaired) electrons. The van der Waals surface area contributed by atoms with Gasteiger partial charge >= 0.3 is 0 Å². The van der Waals surface area contributed by atoms with Crippen LogP contribution in [-0.2, 0) is 4.79 Å². The second kappa shape index (κ2) is 6.64. The highest BCUT2D eigenvalue weighted by Gasteiger charge is 2.17. The van der Waals surface area contributed by atoms with Gasteiger partial charge in [0.25, 0.3) is 0 Å². The van der Waals surface area contributed by atoms with Crippen LogP contribution in [0.4, 0.5) is 5.69 Å². The van der Waals surface area contributed by atoms with Crippen LogP contribution in [0.5, 0.6) is 0 Å². The molecule has 0 aliphatic heterocycles. The van der Waals surface area contributed by atoms with Crippen molar-refractivity contribution in [3.8, 4) is 0 Å². The molecular weight excluding hydrogens is 330 g/mol. The molecular formula is C17H16ClN3OS. The Morgan fingerprint density at radius 3 is 2.83 bits per heavy atom. The number of carbonyl (C=O) groups is 1. The van der Waals surface area contributed by atoms with Gasteiger partial charge in [-0.3, -0.25) is 4.79 Å². The molecule has 0 aliphatic rings. The van der Waals surface area contributed by atoms with Crippen LogP contribution in [0.3, 0.4) is 0 Å². The molecule has 2 N–H and O–H groups in total. The highest BCUT2D eigenvalue weighted by molar-refractivity contribution is 8.00. The first-order valence-corrected chi connectivity index (χ1v) is 8.47. The van der Waals surface area contributed by atoms with Gasteiger partial charge in [-0.05, 0) is 43.7 Å². The number of aromatic amines is 1. The topological polar surface area (TPSA) is 57.8 Å². The van der Waals surface area contributed by atoms with E-state index < -0.39 is 0 Å². The summed E-state index contributed by atoms with van der Waals surface area (Å²) in [5, 5.41) is 3.83. The van der Waals surface area contributed by atoms with E-state index in [-0.39, 0.29) is 11.2 Å². The van der Waals surface area contributed by atoms with Crippen molar-refractivity contribution in [2.24, 2.45) is 0 Å². The molecule has 4 nitrogen and oxygen atoms in total. The van der Waals surface area contributed by atoms with Gasteiger partial charge in [0, 0.05) is 0 Å². The highest BCUT2D eigenvalue weighted by Crippen LogP contribution is 2.26. The SMILES string of the molecule is Cc1ccc(NC(=O)C(C)Sc2nc3ccccc3[nH]2)c(Cl)c1. The molecule has 1 aromatic heterocycles. The Bertz CT molecular complexity index is 829. The number of anilines is 1. The Morgan fingerprint density at radius 2 is 2.09 bits per heavy atom. The molecule has 0 bridgehead atoms. The maximum absolute atomic E-state index is 12.3. The molecule has 0 saturated carbocycles. The fourth-order valence-corrected chi connectivity index (χ4v) is 3.27.